The molecule has 8 heteroatoms. The van der Waals surface area contributed by atoms with Gasteiger partial charge in [-0.05, 0) is 22.9 Å². The van der Waals surface area contributed by atoms with E-state index in [4.69, 9.17) is 11.6 Å². The first kappa shape index (κ1) is 12.3. The predicted molar refractivity (Wildman–Crippen MR) is 64.7 cm³/mol. The van der Waals surface area contributed by atoms with Gasteiger partial charge in [-0.15, -0.1) is 0 Å². The quantitative estimate of drug-likeness (QED) is 0.610. The number of nitrogens with zero attached hydrogens (tertiary/aromatic N) is 3. The first-order valence-electron chi connectivity index (χ1n) is 4.77. The molecule has 17 heavy (non-hydrogen) atoms. The van der Waals surface area contributed by atoms with Crippen molar-refractivity contribution < 1.29 is 9.59 Å². The average Bonchev–Trinajstić information content (AvgIpc) is 2.27. The van der Waals surface area contributed by atoms with E-state index in [1.165, 1.54) is 6.33 Å². The predicted octanol–water partition coefficient (Wildman–Crippen LogP) is 0.744. The Labute approximate surface area is 110 Å². The van der Waals surface area contributed by atoms with Gasteiger partial charge in [0, 0.05) is 0 Å². The summed E-state index contributed by atoms with van der Waals surface area (Å²) in [5.41, 5.74) is 0. The van der Waals surface area contributed by atoms with Crippen molar-refractivity contribution in [1.29, 1.82) is 0 Å². The number of hydrogen-bond acceptors (Lipinski definition) is 5. The Kier molecular flexibility index (Phi) is 3.30. The molecule has 2 heterocycles. The second-order valence-corrected chi connectivity index (χ2v) is 4.67. The molecule has 1 aromatic rings. The fourth-order valence-corrected chi connectivity index (χ4v) is 2.07. The maximum atomic E-state index is 11.5. The average molecular weight is 320 g/mol. The molecule has 1 fully saturated rings. The summed E-state index contributed by atoms with van der Waals surface area (Å²) in [4.78, 5) is 32.2. The minimum atomic E-state index is -0.491. The van der Waals surface area contributed by atoms with E-state index in [9.17, 15) is 9.59 Å². The van der Waals surface area contributed by atoms with E-state index in [1.807, 2.05) is 0 Å². The Morgan fingerprint density at radius 2 is 2.24 bits per heavy atom. The van der Waals surface area contributed by atoms with Gasteiger partial charge in [-0.25, -0.2) is 9.97 Å². The van der Waals surface area contributed by atoms with Crippen LogP contribution in [-0.4, -0.2) is 34.4 Å². The van der Waals surface area contributed by atoms with Crippen molar-refractivity contribution in [3.8, 4) is 0 Å². The summed E-state index contributed by atoms with van der Waals surface area (Å²) >= 11 is 9.08. The molecule has 1 aliphatic rings. The van der Waals surface area contributed by atoms with Gasteiger partial charge >= 0.3 is 0 Å². The Hall–Kier alpha value is -1.21. The van der Waals surface area contributed by atoms with E-state index in [2.05, 4.69) is 31.2 Å². The number of rotatable bonds is 1. The van der Waals surface area contributed by atoms with Crippen molar-refractivity contribution in [2.45, 2.75) is 13.0 Å². The minimum absolute atomic E-state index is 0.0544. The molecule has 1 aliphatic heterocycles. The van der Waals surface area contributed by atoms with E-state index in [0.717, 1.165) is 0 Å². The zero-order chi connectivity index (χ0) is 12.6. The molecule has 6 nitrogen and oxygen atoms in total. The second-order valence-electron chi connectivity index (χ2n) is 3.52. The number of carbonyl (C=O) groups is 2. The summed E-state index contributed by atoms with van der Waals surface area (Å²) in [6.45, 7) is 1.74. The summed E-state index contributed by atoms with van der Waals surface area (Å²) in [6, 6.07) is -0.491. The summed E-state index contributed by atoms with van der Waals surface area (Å²) in [5.74, 6) is -0.293. The third-order valence-corrected chi connectivity index (χ3v) is 3.67. The van der Waals surface area contributed by atoms with Crippen molar-refractivity contribution in [1.82, 2.24) is 15.3 Å². The van der Waals surface area contributed by atoms with Crippen LogP contribution in [0.4, 0.5) is 5.82 Å². The second kappa shape index (κ2) is 4.58. The Morgan fingerprint density at radius 1 is 1.53 bits per heavy atom. The Balaban J connectivity index is 2.41. The minimum Gasteiger partial charge on any atom is -0.334 e. The zero-order valence-electron chi connectivity index (χ0n) is 8.78. The molecule has 0 radical (unpaired) electrons. The van der Waals surface area contributed by atoms with Crippen LogP contribution in [0.3, 0.4) is 0 Å². The third-order valence-electron chi connectivity index (χ3n) is 2.42. The molecule has 1 N–H and O–H groups in total. The van der Waals surface area contributed by atoms with Gasteiger partial charge in [0.15, 0.2) is 0 Å². The molecule has 0 bridgehead atoms. The molecule has 0 saturated carbocycles. The number of carbonyl (C=O) groups excluding carboxylic acids is 2. The SMILES string of the molecule is CC1C(=O)NC(=O)CN1c1ncnc(Cl)c1Br. The van der Waals surface area contributed by atoms with Crippen LogP contribution < -0.4 is 10.2 Å². The molecule has 0 aliphatic carbocycles. The highest BCUT2D eigenvalue weighted by molar-refractivity contribution is 9.10. The van der Waals surface area contributed by atoms with Crippen LogP contribution in [0.5, 0.6) is 0 Å². The first-order valence-corrected chi connectivity index (χ1v) is 5.94. The van der Waals surface area contributed by atoms with Gasteiger partial charge in [-0.3, -0.25) is 14.9 Å². The van der Waals surface area contributed by atoms with E-state index < -0.39 is 6.04 Å². The maximum absolute atomic E-state index is 11.5. The maximum Gasteiger partial charge on any atom is 0.249 e. The number of nitrogens with one attached hydrogen (secondary N) is 1. The van der Waals surface area contributed by atoms with Crippen molar-refractivity contribution in [3.05, 3.63) is 16.0 Å². The lowest BCUT2D eigenvalue weighted by molar-refractivity contribution is -0.132. The summed E-state index contributed by atoms with van der Waals surface area (Å²) < 4.78 is 0.469. The molecule has 0 aromatic carbocycles. The van der Waals surface area contributed by atoms with Crippen LogP contribution in [0.2, 0.25) is 5.15 Å². The van der Waals surface area contributed by atoms with Crippen LogP contribution in [0.25, 0.3) is 0 Å². The molecule has 1 unspecified atom stereocenters. The van der Waals surface area contributed by atoms with Gasteiger partial charge in [0.1, 0.15) is 23.3 Å². The lowest BCUT2D eigenvalue weighted by Gasteiger charge is -2.32. The van der Waals surface area contributed by atoms with Crippen LogP contribution in [0, 0.1) is 0 Å². The zero-order valence-corrected chi connectivity index (χ0v) is 11.1. The number of aromatic nitrogens is 2. The van der Waals surface area contributed by atoms with Crippen molar-refractivity contribution >= 4 is 45.2 Å². The molecule has 2 amide bonds. The van der Waals surface area contributed by atoms with Crippen LogP contribution >= 0.6 is 27.5 Å². The van der Waals surface area contributed by atoms with Gasteiger partial charge in [-0.1, -0.05) is 11.6 Å². The van der Waals surface area contributed by atoms with Crippen molar-refractivity contribution in [2.24, 2.45) is 0 Å². The number of amides is 2. The van der Waals surface area contributed by atoms with Gasteiger partial charge in [0.2, 0.25) is 11.8 Å². The topological polar surface area (TPSA) is 75.2 Å². The van der Waals surface area contributed by atoms with Gasteiger partial charge in [0.25, 0.3) is 0 Å². The van der Waals surface area contributed by atoms with E-state index in [1.54, 1.807) is 11.8 Å². The Bertz CT molecular complexity index is 496. The number of anilines is 1. The molecular weight excluding hydrogens is 311 g/mol. The van der Waals surface area contributed by atoms with E-state index in [-0.39, 0.29) is 23.5 Å². The molecule has 2 rings (SSSR count). The molecule has 1 aromatic heterocycles. The van der Waals surface area contributed by atoms with Gasteiger partial charge in [-0.2, -0.15) is 0 Å². The molecule has 0 spiro atoms. The van der Waals surface area contributed by atoms with Crippen LogP contribution in [0.1, 0.15) is 6.92 Å². The monoisotopic (exact) mass is 318 g/mol. The first-order chi connectivity index (χ1) is 8.00. The van der Waals surface area contributed by atoms with Crippen molar-refractivity contribution in [2.75, 3.05) is 11.4 Å². The number of piperazine rings is 1. The smallest absolute Gasteiger partial charge is 0.249 e. The van der Waals surface area contributed by atoms with Gasteiger partial charge < -0.3 is 4.90 Å². The molecule has 1 atom stereocenters. The highest BCUT2D eigenvalue weighted by Gasteiger charge is 2.32. The van der Waals surface area contributed by atoms with Crippen LogP contribution in [-0.2, 0) is 9.59 Å². The van der Waals surface area contributed by atoms with Crippen molar-refractivity contribution in [3.63, 3.8) is 0 Å². The molecule has 90 valence electrons. The van der Waals surface area contributed by atoms with Gasteiger partial charge in [0.05, 0.1) is 11.0 Å². The highest BCUT2D eigenvalue weighted by Crippen LogP contribution is 2.30. The van der Waals surface area contributed by atoms with E-state index >= 15 is 0 Å². The summed E-state index contributed by atoms with van der Waals surface area (Å²) in [5, 5.41) is 2.49. The third kappa shape index (κ3) is 2.25. The summed E-state index contributed by atoms with van der Waals surface area (Å²) in [6.07, 6.45) is 1.28. The molecular formula is C9H8BrClN4O2. The largest absolute Gasteiger partial charge is 0.334 e. The number of halogens is 2. The lowest BCUT2D eigenvalue weighted by atomic mass is 10.2. The highest BCUT2D eigenvalue weighted by atomic mass is 79.9. The normalized spacial score (nSPS) is 20.4. The Morgan fingerprint density at radius 3 is 2.94 bits per heavy atom. The fourth-order valence-electron chi connectivity index (χ4n) is 1.51. The summed E-state index contributed by atoms with van der Waals surface area (Å²) in [7, 11) is 0. The van der Waals surface area contributed by atoms with E-state index in [0.29, 0.717) is 10.3 Å². The molecule has 1 saturated heterocycles. The number of imide groups is 1. The fraction of sp³-hybridized carbons (Fsp3) is 0.333. The lowest BCUT2D eigenvalue weighted by Crippen LogP contribution is -2.57. The van der Waals surface area contributed by atoms with Crippen LogP contribution in [0.15, 0.2) is 10.8 Å². The number of hydrogen-bond donors (Lipinski definition) is 1. The standard InChI is InChI=1S/C9H8BrClN4O2/c1-4-9(17)14-5(16)2-15(4)8-6(10)7(11)12-3-13-8/h3-4H,2H2,1H3,(H,14,16,17).